The number of anilines is 1. The van der Waals surface area contributed by atoms with Crippen LogP contribution in [0.25, 0.3) is 0 Å². The molecule has 4 rings (SSSR count). The van der Waals surface area contributed by atoms with E-state index in [0.29, 0.717) is 19.5 Å². The Hall–Kier alpha value is -2.74. The third-order valence-corrected chi connectivity index (χ3v) is 4.77. The zero-order valence-corrected chi connectivity index (χ0v) is 15.1. The zero-order valence-electron chi connectivity index (χ0n) is 15.1. The Morgan fingerprint density at radius 1 is 1.26 bits per heavy atom. The van der Waals surface area contributed by atoms with Crippen LogP contribution in [0.15, 0.2) is 36.7 Å². The standard InChI is InChI=1S/C19H23FN6O/c20-15-5-3-4-14(8-15)9-17(27)11-21-16-10-22-25(12-16)13-19-24-23-18-6-1-2-7-26(18)19/h3-5,8,10,12,17,21,27H,1-2,6-7,9,11,13H2. The molecule has 0 aliphatic carbocycles. The Balaban J connectivity index is 1.31. The first-order valence-electron chi connectivity index (χ1n) is 9.27. The van der Waals surface area contributed by atoms with Crippen molar-refractivity contribution in [3.63, 3.8) is 0 Å². The number of aryl methyl sites for hydroxylation is 1. The van der Waals surface area contributed by atoms with Crippen LogP contribution in [-0.4, -0.2) is 42.3 Å². The second-order valence-electron chi connectivity index (χ2n) is 6.94. The van der Waals surface area contributed by atoms with Gasteiger partial charge in [0, 0.05) is 32.1 Å². The van der Waals surface area contributed by atoms with E-state index in [1.165, 1.54) is 18.6 Å². The van der Waals surface area contributed by atoms with Crippen LogP contribution in [0.1, 0.15) is 30.1 Å². The average Bonchev–Trinajstić information content (AvgIpc) is 3.28. The highest BCUT2D eigenvalue weighted by molar-refractivity contribution is 5.38. The van der Waals surface area contributed by atoms with Crippen LogP contribution in [0.3, 0.4) is 0 Å². The first-order chi connectivity index (χ1) is 13.2. The lowest BCUT2D eigenvalue weighted by molar-refractivity contribution is 0.188. The van der Waals surface area contributed by atoms with Gasteiger partial charge in [0.15, 0.2) is 5.82 Å². The molecule has 142 valence electrons. The molecule has 0 amide bonds. The molecule has 3 aromatic rings. The smallest absolute Gasteiger partial charge is 0.154 e. The van der Waals surface area contributed by atoms with Crippen molar-refractivity contribution in [2.45, 2.75) is 44.9 Å². The molecule has 27 heavy (non-hydrogen) atoms. The third-order valence-electron chi connectivity index (χ3n) is 4.77. The van der Waals surface area contributed by atoms with Gasteiger partial charge in [-0.15, -0.1) is 10.2 Å². The van der Waals surface area contributed by atoms with E-state index in [0.717, 1.165) is 42.3 Å². The van der Waals surface area contributed by atoms with Gasteiger partial charge in [0.2, 0.25) is 0 Å². The van der Waals surface area contributed by atoms with Gasteiger partial charge in [-0.1, -0.05) is 12.1 Å². The zero-order chi connectivity index (χ0) is 18.6. The Morgan fingerprint density at radius 3 is 3.07 bits per heavy atom. The summed E-state index contributed by atoms with van der Waals surface area (Å²) in [5, 5.41) is 26.2. The highest BCUT2D eigenvalue weighted by atomic mass is 19.1. The number of aliphatic hydroxyl groups is 1. The lowest BCUT2D eigenvalue weighted by Crippen LogP contribution is -2.21. The summed E-state index contributed by atoms with van der Waals surface area (Å²) in [5.41, 5.74) is 1.60. The van der Waals surface area contributed by atoms with Crippen molar-refractivity contribution >= 4 is 5.69 Å². The minimum atomic E-state index is -0.612. The summed E-state index contributed by atoms with van der Waals surface area (Å²) < 4.78 is 17.2. The molecule has 0 radical (unpaired) electrons. The van der Waals surface area contributed by atoms with Crippen LogP contribution < -0.4 is 5.32 Å². The summed E-state index contributed by atoms with van der Waals surface area (Å²) in [6.07, 6.45) is 6.71. The Morgan fingerprint density at radius 2 is 2.19 bits per heavy atom. The van der Waals surface area contributed by atoms with E-state index < -0.39 is 6.10 Å². The monoisotopic (exact) mass is 370 g/mol. The minimum Gasteiger partial charge on any atom is -0.391 e. The second kappa shape index (κ2) is 7.87. The molecule has 1 aromatic carbocycles. The molecule has 0 bridgehead atoms. The maximum atomic E-state index is 13.2. The van der Waals surface area contributed by atoms with Gasteiger partial charge in [-0.25, -0.2) is 4.39 Å². The van der Waals surface area contributed by atoms with E-state index in [1.54, 1.807) is 12.3 Å². The molecule has 3 heterocycles. The predicted octanol–water partition coefficient (Wildman–Crippen LogP) is 2.01. The number of hydrogen-bond acceptors (Lipinski definition) is 5. The van der Waals surface area contributed by atoms with E-state index in [9.17, 15) is 9.50 Å². The first-order valence-corrected chi connectivity index (χ1v) is 9.27. The van der Waals surface area contributed by atoms with Crippen LogP contribution in [0.4, 0.5) is 10.1 Å². The fourth-order valence-electron chi connectivity index (χ4n) is 3.42. The maximum absolute atomic E-state index is 13.2. The molecule has 2 aromatic heterocycles. The van der Waals surface area contributed by atoms with Crippen molar-refractivity contribution < 1.29 is 9.50 Å². The largest absolute Gasteiger partial charge is 0.391 e. The molecule has 1 unspecified atom stereocenters. The number of aromatic nitrogens is 5. The Kier molecular flexibility index (Phi) is 5.15. The molecule has 0 fully saturated rings. The molecular weight excluding hydrogens is 347 g/mol. The summed E-state index contributed by atoms with van der Waals surface area (Å²) in [5.74, 6) is 1.69. The fraction of sp³-hybridized carbons (Fsp3) is 0.421. The van der Waals surface area contributed by atoms with Crippen LogP contribution in [0.2, 0.25) is 0 Å². The van der Waals surface area contributed by atoms with Crippen LogP contribution in [0.5, 0.6) is 0 Å². The topological polar surface area (TPSA) is 80.8 Å². The van der Waals surface area contributed by atoms with Crippen molar-refractivity contribution in [1.29, 1.82) is 0 Å². The van der Waals surface area contributed by atoms with Crippen molar-refractivity contribution in [3.8, 4) is 0 Å². The highest BCUT2D eigenvalue weighted by Crippen LogP contribution is 2.15. The normalized spacial score (nSPS) is 14.7. The van der Waals surface area contributed by atoms with Gasteiger partial charge in [0.1, 0.15) is 18.2 Å². The summed E-state index contributed by atoms with van der Waals surface area (Å²) in [6, 6.07) is 6.30. The average molecular weight is 370 g/mol. The van der Waals surface area contributed by atoms with Crippen LogP contribution >= 0.6 is 0 Å². The predicted molar refractivity (Wildman–Crippen MR) is 98.9 cm³/mol. The number of benzene rings is 1. The van der Waals surface area contributed by atoms with E-state index in [2.05, 4.69) is 25.2 Å². The Bertz CT molecular complexity index is 905. The summed E-state index contributed by atoms with van der Waals surface area (Å²) in [6.45, 7) is 1.90. The minimum absolute atomic E-state index is 0.287. The number of rotatable bonds is 7. The third kappa shape index (κ3) is 4.33. The maximum Gasteiger partial charge on any atom is 0.154 e. The SMILES string of the molecule is OC(CNc1cnn(Cc2nnc3n2CCCC3)c1)Cc1cccc(F)c1. The fourth-order valence-corrected chi connectivity index (χ4v) is 3.42. The molecule has 1 atom stereocenters. The van der Waals surface area contributed by atoms with Gasteiger partial charge in [0.25, 0.3) is 0 Å². The summed E-state index contributed by atoms with van der Waals surface area (Å²) in [7, 11) is 0. The van der Waals surface area contributed by atoms with E-state index in [4.69, 9.17) is 0 Å². The Labute approximate surface area is 156 Å². The number of nitrogens with zero attached hydrogens (tertiary/aromatic N) is 5. The molecule has 2 N–H and O–H groups in total. The number of nitrogens with one attached hydrogen (secondary N) is 1. The number of halogens is 1. The van der Waals surface area contributed by atoms with Crippen LogP contribution in [0, 0.1) is 5.82 Å². The van der Waals surface area contributed by atoms with E-state index in [1.807, 2.05) is 16.9 Å². The van der Waals surface area contributed by atoms with Gasteiger partial charge in [-0.3, -0.25) is 4.68 Å². The van der Waals surface area contributed by atoms with Crippen molar-refractivity contribution in [2.75, 3.05) is 11.9 Å². The number of hydrogen-bond donors (Lipinski definition) is 2. The lowest BCUT2D eigenvalue weighted by atomic mass is 10.1. The van der Waals surface area contributed by atoms with Gasteiger partial charge < -0.3 is 15.0 Å². The number of aliphatic hydroxyl groups excluding tert-OH is 1. The number of fused-ring (bicyclic) bond motifs is 1. The van der Waals surface area contributed by atoms with Gasteiger partial charge >= 0.3 is 0 Å². The molecule has 1 aliphatic rings. The molecule has 1 aliphatic heterocycles. The highest BCUT2D eigenvalue weighted by Gasteiger charge is 2.16. The molecule has 0 saturated carbocycles. The van der Waals surface area contributed by atoms with Crippen molar-refractivity contribution in [1.82, 2.24) is 24.5 Å². The van der Waals surface area contributed by atoms with Gasteiger partial charge in [-0.2, -0.15) is 5.10 Å². The molecule has 0 saturated heterocycles. The molecule has 0 spiro atoms. The van der Waals surface area contributed by atoms with E-state index >= 15 is 0 Å². The summed E-state index contributed by atoms with van der Waals surface area (Å²) in [4.78, 5) is 0. The molecule has 7 nitrogen and oxygen atoms in total. The summed E-state index contributed by atoms with van der Waals surface area (Å²) >= 11 is 0. The second-order valence-corrected chi connectivity index (χ2v) is 6.94. The molecular formula is C19H23FN6O. The van der Waals surface area contributed by atoms with E-state index in [-0.39, 0.29) is 5.82 Å². The quantitative estimate of drug-likeness (QED) is 0.665. The first kappa shape index (κ1) is 17.7. The lowest BCUT2D eigenvalue weighted by Gasteiger charge is -2.14. The van der Waals surface area contributed by atoms with Gasteiger partial charge in [-0.05, 0) is 30.5 Å². The molecule has 8 heteroatoms. The van der Waals surface area contributed by atoms with Crippen LogP contribution in [-0.2, 0) is 25.9 Å². The van der Waals surface area contributed by atoms with Gasteiger partial charge in [0.05, 0.1) is 18.0 Å². The van der Waals surface area contributed by atoms with Crippen molar-refractivity contribution in [2.24, 2.45) is 0 Å². The van der Waals surface area contributed by atoms with Crippen molar-refractivity contribution in [3.05, 3.63) is 59.7 Å².